The van der Waals surface area contributed by atoms with Crippen molar-refractivity contribution in [1.29, 1.82) is 0 Å². The van der Waals surface area contributed by atoms with Crippen LogP contribution in [0.4, 0.5) is 0 Å². The van der Waals surface area contributed by atoms with Gasteiger partial charge in [-0.1, -0.05) is 0 Å². The van der Waals surface area contributed by atoms with Crippen LogP contribution in [0.1, 0.15) is 11.1 Å². The molecule has 0 aliphatic rings. The molecular weight excluding hydrogens is 346 g/mol. The SMILES string of the molecule is CSC[C@H](NC(=O)COc1cc(C)cc2oc(=O)cc(C)c12)C(=O)[O-]. The first-order valence-corrected chi connectivity index (χ1v) is 8.88. The van der Waals surface area contributed by atoms with Crippen LogP contribution in [0.5, 0.6) is 5.75 Å². The summed E-state index contributed by atoms with van der Waals surface area (Å²) in [6.45, 7) is 3.18. The lowest BCUT2D eigenvalue weighted by atomic mass is 10.1. The largest absolute Gasteiger partial charge is 0.548 e. The molecule has 2 rings (SSSR count). The van der Waals surface area contributed by atoms with Crippen molar-refractivity contribution in [3.63, 3.8) is 0 Å². The zero-order chi connectivity index (χ0) is 18.6. The van der Waals surface area contributed by atoms with Gasteiger partial charge in [-0.15, -0.1) is 0 Å². The lowest BCUT2D eigenvalue weighted by molar-refractivity contribution is -0.307. The van der Waals surface area contributed by atoms with Crippen LogP contribution in [0.2, 0.25) is 0 Å². The van der Waals surface area contributed by atoms with Gasteiger partial charge in [0.05, 0.1) is 17.4 Å². The molecule has 1 amide bonds. The molecule has 0 fully saturated rings. The summed E-state index contributed by atoms with van der Waals surface area (Å²) < 4.78 is 10.7. The number of aryl methyl sites for hydroxylation is 2. The smallest absolute Gasteiger partial charge is 0.336 e. The number of ether oxygens (including phenoxy) is 1. The van der Waals surface area contributed by atoms with Crippen LogP contribution in [-0.2, 0) is 9.59 Å². The van der Waals surface area contributed by atoms with Crippen LogP contribution < -0.4 is 20.8 Å². The number of fused-ring (bicyclic) bond motifs is 1. The van der Waals surface area contributed by atoms with E-state index in [0.29, 0.717) is 22.3 Å². The molecule has 8 heteroatoms. The fraction of sp³-hybridized carbons (Fsp3) is 0.353. The van der Waals surface area contributed by atoms with Gasteiger partial charge in [0.1, 0.15) is 11.3 Å². The van der Waals surface area contributed by atoms with E-state index in [-0.39, 0.29) is 12.4 Å². The van der Waals surface area contributed by atoms with Gasteiger partial charge in [0.2, 0.25) is 0 Å². The highest BCUT2D eigenvalue weighted by Gasteiger charge is 2.15. The molecule has 0 saturated heterocycles. The van der Waals surface area contributed by atoms with Crippen molar-refractivity contribution < 1.29 is 23.8 Å². The Kier molecular flexibility index (Phi) is 6.08. The first-order valence-electron chi connectivity index (χ1n) is 7.49. The minimum absolute atomic E-state index is 0.200. The van der Waals surface area contributed by atoms with Gasteiger partial charge in [-0.25, -0.2) is 4.79 Å². The van der Waals surface area contributed by atoms with Gasteiger partial charge in [0.25, 0.3) is 5.91 Å². The molecule has 0 saturated carbocycles. The number of aliphatic carboxylic acids is 1. The zero-order valence-corrected chi connectivity index (χ0v) is 14.9. The first-order chi connectivity index (χ1) is 11.8. The molecule has 1 atom stereocenters. The highest BCUT2D eigenvalue weighted by Crippen LogP contribution is 2.29. The van der Waals surface area contributed by atoms with Crippen molar-refractivity contribution in [2.75, 3.05) is 18.6 Å². The van der Waals surface area contributed by atoms with Crippen LogP contribution >= 0.6 is 11.8 Å². The van der Waals surface area contributed by atoms with Gasteiger partial charge in [0, 0.05) is 11.8 Å². The quantitative estimate of drug-likeness (QED) is 0.708. The Morgan fingerprint density at radius 3 is 2.68 bits per heavy atom. The Hall–Kier alpha value is -2.48. The van der Waals surface area contributed by atoms with E-state index >= 15 is 0 Å². The number of thioether (sulfide) groups is 1. The molecule has 0 aliphatic carbocycles. The number of hydrogen-bond donors (Lipinski definition) is 1. The number of amides is 1. The van der Waals surface area contributed by atoms with Crippen molar-refractivity contribution >= 4 is 34.6 Å². The van der Waals surface area contributed by atoms with E-state index in [2.05, 4.69) is 5.32 Å². The van der Waals surface area contributed by atoms with E-state index in [9.17, 15) is 19.5 Å². The van der Waals surface area contributed by atoms with Gasteiger partial charge in [-0.3, -0.25) is 4.79 Å². The third kappa shape index (κ3) is 4.76. The molecule has 1 aromatic carbocycles. The van der Waals surface area contributed by atoms with E-state index in [4.69, 9.17) is 9.15 Å². The zero-order valence-electron chi connectivity index (χ0n) is 14.1. The molecule has 0 radical (unpaired) electrons. The second-order valence-corrected chi connectivity index (χ2v) is 6.48. The number of nitrogens with one attached hydrogen (secondary N) is 1. The monoisotopic (exact) mass is 364 g/mol. The molecule has 134 valence electrons. The van der Waals surface area contributed by atoms with Crippen molar-refractivity contribution in [3.8, 4) is 5.75 Å². The Morgan fingerprint density at radius 2 is 2.04 bits per heavy atom. The third-order valence-corrected chi connectivity index (χ3v) is 4.13. The summed E-state index contributed by atoms with van der Waals surface area (Å²) in [6.07, 6.45) is 1.73. The summed E-state index contributed by atoms with van der Waals surface area (Å²) in [5.41, 5.74) is 1.37. The fourth-order valence-electron chi connectivity index (χ4n) is 2.41. The molecule has 0 spiro atoms. The average Bonchev–Trinajstić information content (AvgIpc) is 2.51. The highest BCUT2D eigenvalue weighted by molar-refractivity contribution is 7.98. The predicted octanol–water partition coefficient (Wildman–Crippen LogP) is 0.386. The topological polar surface area (TPSA) is 109 Å². The van der Waals surface area contributed by atoms with Crippen molar-refractivity contribution in [2.24, 2.45) is 0 Å². The molecule has 1 aromatic heterocycles. The number of carbonyl (C=O) groups is 2. The van der Waals surface area contributed by atoms with Crippen molar-refractivity contribution in [1.82, 2.24) is 5.32 Å². The van der Waals surface area contributed by atoms with Gasteiger partial charge >= 0.3 is 5.63 Å². The average molecular weight is 364 g/mol. The fourth-order valence-corrected chi connectivity index (χ4v) is 2.96. The second kappa shape index (κ2) is 8.06. The van der Waals surface area contributed by atoms with E-state index in [0.717, 1.165) is 5.56 Å². The van der Waals surface area contributed by atoms with E-state index in [1.807, 2.05) is 0 Å². The molecule has 2 aromatic rings. The summed E-state index contributed by atoms with van der Waals surface area (Å²) in [5.74, 6) is -1.33. The molecular formula is C17H18NO6S-. The Morgan fingerprint density at radius 1 is 1.32 bits per heavy atom. The number of carboxylic acid groups (broad SMARTS) is 1. The molecule has 0 unspecified atom stereocenters. The molecule has 25 heavy (non-hydrogen) atoms. The summed E-state index contributed by atoms with van der Waals surface area (Å²) >= 11 is 1.28. The Labute approximate surface area is 148 Å². The summed E-state index contributed by atoms with van der Waals surface area (Å²) in [6, 6.07) is 3.69. The van der Waals surface area contributed by atoms with Crippen LogP contribution in [0.15, 0.2) is 27.4 Å². The maximum Gasteiger partial charge on any atom is 0.336 e. The third-order valence-electron chi connectivity index (χ3n) is 3.46. The summed E-state index contributed by atoms with van der Waals surface area (Å²) in [7, 11) is 0. The second-order valence-electron chi connectivity index (χ2n) is 5.57. The molecule has 0 aliphatic heterocycles. The number of carbonyl (C=O) groups excluding carboxylic acids is 2. The lowest BCUT2D eigenvalue weighted by Gasteiger charge is -2.19. The van der Waals surface area contributed by atoms with Gasteiger partial charge in [-0.2, -0.15) is 11.8 Å². The van der Waals surface area contributed by atoms with Crippen LogP contribution in [0, 0.1) is 13.8 Å². The minimum Gasteiger partial charge on any atom is -0.548 e. The number of carboxylic acids is 1. The van der Waals surface area contributed by atoms with E-state index in [1.54, 1.807) is 32.2 Å². The van der Waals surface area contributed by atoms with Crippen LogP contribution in [0.25, 0.3) is 11.0 Å². The standard InChI is InChI=1S/C17H19NO6S/c1-9-4-12(16-10(2)6-15(20)24-13(16)5-9)23-7-14(19)18-11(8-25-3)17(21)22/h4-6,11H,7-8H2,1-3H3,(H,18,19)(H,21,22)/p-1/t11-/m0/s1. The number of hydrogen-bond acceptors (Lipinski definition) is 7. The summed E-state index contributed by atoms with van der Waals surface area (Å²) in [5, 5.41) is 13.9. The van der Waals surface area contributed by atoms with Gasteiger partial charge in [-0.05, 0) is 43.4 Å². The first kappa shape index (κ1) is 18.9. The number of benzene rings is 1. The number of rotatable bonds is 7. The molecule has 7 nitrogen and oxygen atoms in total. The maximum atomic E-state index is 12.0. The Bertz CT molecular complexity index is 860. The normalized spacial score (nSPS) is 12.0. The maximum absolute atomic E-state index is 12.0. The molecule has 1 N–H and O–H groups in total. The predicted molar refractivity (Wildman–Crippen MR) is 92.8 cm³/mol. The van der Waals surface area contributed by atoms with Crippen molar-refractivity contribution in [3.05, 3.63) is 39.7 Å². The van der Waals surface area contributed by atoms with E-state index in [1.165, 1.54) is 17.8 Å². The highest BCUT2D eigenvalue weighted by atomic mass is 32.2. The van der Waals surface area contributed by atoms with Crippen molar-refractivity contribution in [2.45, 2.75) is 19.9 Å². The van der Waals surface area contributed by atoms with Crippen LogP contribution in [-0.4, -0.2) is 36.5 Å². The van der Waals surface area contributed by atoms with Gasteiger partial charge < -0.3 is 24.4 Å². The lowest BCUT2D eigenvalue weighted by Crippen LogP contribution is -2.50. The molecule has 1 heterocycles. The molecule has 0 bridgehead atoms. The van der Waals surface area contributed by atoms with Crippen LogP contribution in [0.3, 0.4) is 0 Å². The Balaban J connectivity index is 2.19. The van der Waals surface area contributed by atoms with Gasteiger partial charge in [0.15, 0.2) is 6.61 Å². The summed E-state index contributed by atoms with van der Waals surface area (Å²) in [4.78, 5) is 34.4. The minimum atomic E-state index is -1.35. The van der Waals surface area contributed by atoms with E-state index < -0.39 is 23.5 Å².